The summed E-state index contributed by atoms with van der Waals surface area (Å²) in [5.41, 5.74) is 1.73. The molecule has 0 atom stereocenters. The first-order chi connectivity index (χ1) is 13.4. The topological polar surface area (TPSA) is 84.4 Å². The number of rotatable bonds is 10. The van der Waals surface area contributed by atoms with E-state index >= 15 is 0 Å². The zero-order chi connectivity index (χ0) is 20.5. The zero-order valence-corrected chi connectivity index (χ0v) is 18.2. The SMILES string of the molecule is CCOC(=O)CSc1nnc(NC(=O)c2ccc(CN(CC)C(C)C)cc2)s1. The number of esters is 1. The molecule has 0 unspecified atom stereocenters. The van der Waals surface area contributed by atoms with E-state index in [2.05, 4.69) is 41.2 Å². The quantitative estimate of drug-likeness (QED) is 0.355. The van der Waals surface area contributed by atoms with Gasteiger partial charge in [-0.05, 0) is 45.0 Å². The number of nitrogens with zero attached hydrogens (tertiary/aromatic N) is 3. The van der Waals surface area contributed by atoms with Crippen LogP contribution < -0.4 is 5.32 Å². The fraction of sp³-hybridized carbons (Fsp3) is 0.474. The lowest BCUT2D eigenvalue weighted by atomic mass is 10.1. The van der Waals surface area contributed by atoms with Crippen molar-refractivity contribution in [1.29, 1.82) is 0 Å². The molecule has 7 nitrogen and oxygen atoms in total. The van der Waals surface area contributed by atoms with Crippen molar-refractivity contribution < 1.29 is 14.3 Å². The van der Waals surface area contributed by atoms with Crippen LogP contribution in [0.15, 0.2) is 28.6 Å². The Morgan fingerprint density at radius 2 is 1.93 bits per heavy atom. The molecule has 2 aromatic rings. The minimum absolute atomic E-state index is 0.170. The van der Waals surface area contributed by atoms with Crippen LogP contribution in [0.25, 0.3) is 0 Å². The number of carbonyl (C=O) groups is 2. The maximum Gasteiger partial charge on any atom is 0.316 e. The molecule has 1 amide bonds. The number of amides is 1. The van der Waals surface area contributed by atoms with Crippen LogP contribution in [0.2, 0.25) is 0 Å². The third-order valence-corrected chi connectivity index (χ3v) is 5.93. The number of anilines is 1. The summed E-state index contributed by atoms with van der Waals surface area (Å²) >= 11 is 2.47. The fourth-order valence-corrected chi connectivity index (χ4v) is 4.01. The average Bonchev–Trinajstić information content (AvgIpc) is 3.12. The van der Waals surface area contributed by atoms with Crippen LogP contribution in [0, 0.1) is 0 Å². The van der Waals surface area contributed by atoms with Gasteiger partial charge in [0.2, 0.25) is 5.13 Å². The van der Waals surface area contributed by atoms with Crippen LogP contribution in [0.3, 0.4) is 0 Å². The molecule has 0 aliphatic heterocycles. The van der Waals surface area contributed by atoms with E-state index in [1.807, 2.05) is 24.3 Å². The summed E-state index contributed by atoms with van der Waals surface area (Å²) in [5.74, 6) is -0.364. The van der Waals surface area contributed by atoms with Crippen molar-refractivity contribution in [1.82, 2.24) is 15.1 Å². The van der Waals surface area contributed by atoms with Crippen molar-refractivity contribution >= 4 is 40.1 Å². The highest BCUT2D eigenvalue weighted by atomic mass is 32.2. The number of nitrogens with one attached hydrogen (secondary N) is 1. The van der Waals surface area contributed by atoms with Crippen LogP contribution in [-0.4, -0.2) is 51.9 Å². The molecule has 0 aliphatic carbocycles. The van der Waals surface area contributed by atoms with Gasteiger partial charge in [0.05, 0.1) is 12.4 Å². The van der Waals surface area contributed by atoms with Crippen molar-refractivity contribution in [2.45, 2.75) is 44.6 Å². The third-order valence-electron chi connectivity index (χ3n) is 3.98. The van der Waals surface area contributed by atoms with Gasteiger partial charge in [0, 0.05) is 18.2 Å². The Kier molecular flexibility index (Phi) is 8.88. The average molecular weight is 423 g/mol. The maximum atomic E-state index is 12.4. The molecule has 0 spiro atoms. The van der Waals surface area contributed by atoms with Gasteiger partial charge in [0.15, 0.2) is 4.34 Å². The Balaban J connectivity index is 1.90. The molecule has 1 N–H and O–H groups in total. The predicted octanol–water partition coefficient (Wildman–Crippen LogP) is 3.68. The monoisotopic (exact) mass is 422 g/mol. The first-order valence-corrected chi connectivity index (χ1v) is 11.0. The number of thioether (sulfide) groups is 1. The molecule has 1 aromatic carbocycles. The molecule has 1 aromatic heterocycles. The van der Waals surface area contributed by atoms with Crippen LogP contribution >= 0.6 is 23.1 Å². The van der Waals surface area contributed by atoms with E-state index < -0.39 is 0 Å². The van der Waals surface area contributed by atoms with E-state index in [1.54, 1.807) is 6.92 Å². The molecule has 2 rings (SSSR count). The van der Waals surface area contributed by atoms with Crippen molar-refractivity contribution in [3.8, 4) is 0 Å². The number of ether oxygens (including phenoxy) is 1. The highest BCUT2D eigenvalue weighted by Crippen LogP contribution is 2.25. The van der Waals surface area contributed by atoms with Gasteiger partial charge in [-0.2, -0.15) is 0 Å². The molecule has 9 heteroatoms. The van der Waals surface area contributed by atoms with E-state index in [9.17, 15) is 9.59 Å². The molecule has 0 bridgehead atoms. The van der Waals surface area contributed by atoms with E-state index in [-0.39, 0.29) is 17.6 Å². The van der Waals surface area contributed by atoms with E-state index in [0.29, 0.717) is 27.7 Å². The van der Waals surface area contributed by atoms with Gasteiger partial charge in [-0.1, -0.05) is 42.2 Å². The Bertz CT molecular complexity index is 778. The molecule has 152 valence electrons. The zero-order valence-electron chi connectivity index (χ0n) is 16.6. The predicted molar refractivity (Wildman–Crippen MR) is 113 cm³/mol. The van der Waals surface area contributed by atoms with Gasteiger partial charge >= 0.3 is 5.97 Å². The minimum Gasteiger partial charge on any atom is -0.465 e. The molecule has 0 saturated heterocycles. The summed E-state index contributed by atoms with van der Waals surface area (Å²) in [4.78, 5) is 26.1. The number of carbonyl (C=O) groups excluding carboxylic acids is 2. The Labute approximate surface area is 173 Å². The van der Waals surface area contributed by atoms with Crippen molar-refractivity contribution in [3.05, 3.63) is 35.4 Å². The normalized spacial score (nSPS) is 11.1. The summed E-state index contributed by atoms with van der Waals surface area (Å²) in [6.45, 7) is 10.4. The lowest BCUT2D eigenvalue weighted by Crippen LogP contribution is -2.29. The van der Waals surface area contributed by atoms with Crippen LogP contribution in [-0.2, 0) is 16.1 Å². The Morgan fingerprint density at radius 3 is 2.54 bits per heavy atom. The summed E-state index contributed by atoms with van der Waals surface area (Å²) in [6, 6.07) is 8.05. The van der Waals surface area contributed by atoms with Gasteiger partial charge in [0.25, 0.3) is 5.91 Å². The van der Waals surface area contributed by atoms with Crippen LogP contribution in [0.5, 0.6) is 0 Å². The lowest BCUT2D eigenvalue weighted by molar-refractivity contribution is -0.139. The van der Waals surface area contributed by atoms with Crippen molar-refractivity contribution in [2.75, 3.05) is 24.2 Å². The number of hydrogen-bond donors (Lipinski definition) is 1. The number of hydrogen-bond acceptors (Lipinski definition) is 8. The highest BCUT2D eigenvalue weighted by Gasteiger charge is 2.13. The summed E-state index contributed by atoms with van der Waals surface area (Å²) < 4.78 is 5.47. The molecule has 0 radical (unpaired) electrons. The Hall–Kier alpha value is -1.97. The molecule has 0 aliphatic rings. The molecule has 0 saturated carbocycles. The maximum absolute atomic E-state index is 12.4. The van der Waals surface area contributed by atoms with Gasteiger partial charge in [-0.3, -0.25) is 19.8 Å². The summed E-state index contributed by atoms with van der Waals surface area (Å²) in [5, 5.41) is 11.1. The van der Waals surface area contributed by atoms with Crippen LogP contribution in [0.4, 0.5) is 5.13 Å². The minimum atomic E-state index is -0.299. The van der Waals surface area contributed by atoms with Gasteiger partial charge in [-0.25, -0.2) is 0 Å². The van der Waals surface area contributed by atoms with E-state index in [4.69, 9.17) is 4.74 Å². The smallest absolute Gasteiger partial charge is 0.316 e. The molecule has 1 heterocycles. The molecular weight excluding hydrogens is 396 g/mol. The Morgan fingerprint density at radius 1 is 1.21 bits per heavy atom. The van der Waals surface area contributed by atoms with Gasteiger partial charge in [0.1, 0.15) is 0 Å². The van der Waals surface area contributed by atoms with E-state index in [1.165, 1.54) is 28.7 Å². The lowest BCUT2D eigenvalue weighted by Gasteiger charge is -2.24. The first kappa shape index (κ1) is 22.3. The summed E-state index contributed by atoms with van der Waals surface area (Å²) in [6.07, 6.45) is 0. The second-order valence-corrected chi connectivity index (χ2v) is 8.47. The standard InChI is InChI=1S/C19H26N4O3S2/c1-5-23(13(3)4)11-14-7-9-15(10-8-14)17(25)20-18-21-22-19(28-18)27-12-16(24)26-6-2/h7-10,13H,5-6,11-12H2,1-4H3,(H,20,21,25). The largest absolute Gasteiger partial charge is 0.465 e. The first-order valence-electron chi connectivity index (χ1n) is 9.19. The fourth-order valence-electron chi connectivity index (χ4n) is 2.47. The third kappa shape index (κ3) is 6.88. The van der Waals surface area contributed by atoms with Crippen LogP contribution in [0.1, 0.15) is 43.6 Å². The number of aromatic nitrogens is 2. The van der Waals surface area contributed by atoms with Crippen molar-refractivity contribution in [3.63, 3.8) is 0 Å². The number of benzene rings is 1. The highest BCUT2D eigenvalue weighted by molar-refractivity contribution is 8.01. The molecule has 0 fully saturated rings. The second-order valence-electron chi connectivity index (χ2n) is 6.27. The second kappa shape index (κ2) is 11.1. The van der Waals surface area contributed by atoms with Crippen molar-refractivity contribution in [2.24, 2.45) is 0 Å². The van der Waals surface area contributed by atoms with Gasteiger partial charge < -0.3 is 4.74 Å². The van der Waals surface area contributed by atoms with Gasteiger partial charge in [-0.15, -0.1) is 10.2 Å². The van der Waals surface area contributed by atoms with E-state index in [0.717, 1.165) is 13.1 Å². The molecule has 28 heavy (non-hydrogen) atoms. The molecular formula is C19H26N4O3S2. The summed E-state index contributed by atoms with van der Waals surface area (Å²) in [7, 11) is 0.